The first-order chi connectivity index (χ1) is 16.0. The molecule has 8 nitrogen and oxygen atoms in total. The van der Waals surface area contributed by atoms with Crippen molar-refractivity contribution in [1.82, 2.24) is 20.2 Å². The predicted octanol–water partition coefficient (Wildman–Crippen LogP) is 4.76. The van der Waals surface area contributed by atoms with Gasteiger partial charge in [0.15, 0.2) is 11.0 Å². The highest BCUT2D eigenvalue weighted by atomic mass is 35.5. The molecule has 1 saturated carbocycles. The number of phenols is 2. The molecule has 1 fully saturated rings. The van der Waals surface area contributed by atoms with Crippen LogP contribution in [-0.4, -0.2) is 42.9 Å². The van der Waals surface area contributed by atoms with Crippen molar-refractivity contribution in [2.45, 2.75) is 43.3 Å². The Hall–Kier alpha value is -3.04. The highest BCUT2D eigenvalue weighted by molar-refractivity contribution is 7.99. The molecule has 10 heteroatoms. The van der Waals surface area contributed by atoms with E-state index in [0.29, 0.717) is 21.8 Å². The van der Waals surface area contributed by atoms with Crippen molar-refractivity contribution >= 4 is 35.5 Å². The quantitative estimate of drug-likeness (QED) is 0.253. The van der Waals surface area contributed by atoms with Crippen LogP contribution in [0.25, 0.3) is 11.4 Å². The molecule has 0 bridgehead atoms. The van der Waals surface area contributed by atoms with Crippen LogP contribution in [0.5, 0.6) is 11.5 Å². The van der Waals surface area contributed by atoms with E-state index < -0.39 is 0 Å². The van der Waals surface area contributed by atoms with Gasteiger partial charge in [-0.3, -0.25) is 9.36 Å². The molecule has 0 unspecified atom stereocenters. The molecule has 172 valence electrons. The molecule has 3 N–H and O–H groups in total. The maximum absolute atomic E-state index is 12.3. The SMILES string of the molecule is O=C(CSc1nnc(-c2ccc(Cl)cc2)n1C1CCCCC1)N/N=C\c1ccc(O)cc1O. The molecular formula is C23H24ClN5O3S. The van der Waals surface area contributed by atoms with Gasteiger partial charge in [-0.2, -0.15) is 5.10 Å². The number of hydrogen-bond donors (Lipinski definition) is 3. The molecule has 1 aromatic heterocycles. The van der Waals surface area contributed by atoms with Crippen molar-refractivity contribution in [1.29, 1.82) is 0 Å². The number of nitrogens with one attached hydrogen (secondary N) is 1. The number of amides is 1. The smallest absolute Gasteiger partial charge is 0.250 e. The van der Waals surface area contributed by atoms with E-state index in [4.69, 9.17) is 11.6 Å². The largest absolute Gasteiger partial charge is 0.508 e. The molecule has 4 rings (SSSR count). The zero-order valence-corrected chi connectivity index (χ0v) is 19.4. The van der Waals surface area contributed by atoms with Crippen molar-refractivity contribution in [3.8, 4) is 22.9 Å². The van der Waals surface area contributed by atoms with Crippen molar-refractivity contribution in [2.75, 3.05) is 5.75 Å². The molecule has 0 spiro atoms. The molecule has 0 saturated heterocycles. The molecular weight excluding hydrogens is 462 g/mol. The monoisotopic (exact) mass is 485 g/mol. The molecule has 1 aliphatic rings. The zero-order chi connectivity index (χ0) is 23.2. The van der Waals surface area contributed by atoms with Crippen LogP contribution in [0.3, 0.4) is 0 Å². The van der Waals surface area contributed by atoms with Crippen LogP contribution in [-0.2, 0) is 4.79 Å². The summed E-state index contributed by atoms with van der Waals surface area (Å²) in [4.78, 5) is 12.3. The summed E-state index contributed by atoms with van der Waals surface area (Å²) in [6, 6.07) is 12.0. The van der Waals surface area contributed by atoms with Gasteiger partial charge in [-0.1, -0.05) is 42.6 Å². The Morgan fingerprint density at radius 3 is 2.64 bits per heavy atom. The lowest BCUT2D eigenvalue weighted by molar-refractivity contribution is -0.118. The minimum Gasteiger partial charge on any atom is -0.508 e. The van der Waals surface area contributed by atoms with Gasteiger partial charge in [0, 0.05) is 28.3 Å². The van der Waals surface area contributed by atoms with Gasteiger partial charge >= 0.3 is 0 Å². The second-order valence-corrected chi connectivity index (χ2v) is 9.18. The Morgan fingerprint density at radius 2 is 1.91 bits per heavy atom. The van der Waals surface area contributed by atoms with Crippen LogP contribution in [0.4, 0.5) is 0 Å². The number of hydrogen-bond acceptors (Lipinski definition) is 7. The van der Waals surface area contributed by atoms with E-state index in [-0.39, 0.29) is 23.2 Å². The standard InChI is InChI=1S/C23H24ClN5O3S/c24-17-9-6-15(7-10-17)22-27-28-23(29(22)18-4-2-1-3-5-18)33-14-21(32)26-25-13-16-8-11-19(30)12-20(16)31/h6-13,18,30-31H,1-5,14H2,(H,26,32)/b25-13-. The first-order valence-corrected chi connectivity index (χ1v) is 12.0. The number of thioether (sulfide) groups is 1. The molecule has 1 aliphatic carbocycles. The van der Waals surface area contributed by atoms with Crippen LogP contribution >= 0.6 is 23.4 Å². The normalized spacial score (nSPS) is 14.6. The number of halogens is 1. The van der Waals surface area contributed by atoms with Gasteiger partial charge in [0.2, 0.25) is 0 Å². The summed E-state index contributed by atoms with van der Waals surface area (Å²) in [5.74, 6) is 0.413. The van der Waals surface area contributed by atoms with Gasteiger partial charge in [0.05, 0.1) is 12.0 Å². The summed E-state index contributed by atoms with van der Waals surface area (Å²) in [6.45, 7) is 0. The fourth-order valence-corrected chi connectivity index (χ4v) is 4.74. The van der Waals surface area contributed by atoms with Gasteiger partial charge < -0.3 is 10.2 Å². The van der Waals surface area contributed by atoms with Crippen molar-refractivity contribution in [3.05, 3.63) is 53.1 Å². The van der Waals surface area contributed by atoms with E-state index >= 15 is 0 Å². The van der Waals surface area contributed by atoms with Gasteiger partial charge in [-0.15, -0.1) is 10.2 Å². The van der Waals surface area contributed by atoms with Gasteiger partial charge in [-0.05, 0) is 49.2 Å². The van der Waals surface area contributed by atoms with Gasteiger partial charge in [0.1, 0.15) is 11.5 Å². The molecule has 3 aromatic rings. The Kier molecular flexibility index (Phi) is 7.51. The fourth-order valence-electron chi connectivity index (χ4n) is 3.82. The number of aromatic hydroxyl groups is 2. The fraction of sp³-hybridized carbons (Fsp3) is 0.304. The van der Waals surface area contributed by atoms with Crippen LogP contribution in [0.2, 0.25) is 5.02 Å². The zero-order valence-electron chi connectivity index (χ0n) is 17.8. The van der Waals surface area contributed by atoms with E-state index in [9.17, 15) is 15.0 Å². The minimum absolute atomic E-state index is 0.0508. The number of hydrazone groups is 1. The number of carbonyl (C=O) groups is 1. The van der Waals surface area contributed by atoms with Crippen molar-refractivity contribution in [2.24, 2.45) is 5.10 Å². The number of benzene rings is 2. The maximum Gasteiger partial charge on any atom is 0.250 e. The number of phenolic OH excluding ortho intramolecular Hbond substituents is 2. The van der Waals surface area contributed by atoms with Crippen LogP contribution < -0.4 is 5.43 Å². The molecule has 0 aliphatic heterocycles. The van der Waals surface area contributed by atoms with Gasteiger partial charge in [0.25, 0.3) is 5.91 Å². The number of carbonyl (C=O) groups excluding carboxylic acids is 1. The summed E-state index contributed by atoms with van der Waals surface area (Å²) in [5, 5.41) is 33.2. The highest BCUT2D eigenvalue weighted by Crippen LogP contribution is 2.35. The molecule has 1 amide bonds. The van der Waals surface area contributed by atoms with Crippen molar-refractivity contribution in [3.63, 3.8) is 0 Å². The molecule has 0 radical (unpaired) electrons. The average Bonchev–Trinajstić information content (AvgIpc) is 3.24. The van der Waals surface area contributed by atoms with E-state index in [2.05, 4.69) is 25.3 Å². The predicted molar refractivity (Wildman–Crippen MR) is 129 cm³/mol. The summed E-state index contributed by atoms with van der Waals surface area (Å²) in [6.07, 6.45) is 6.98. The Balaban J connectivity index is 1.45. The highest BCUT2D eigenvalue weighted by Gasteiger charge is 2.24. The third-order valence-electron chi connectivity index (χ3n) is 5.45. The van der Waals surface area contributed by atoms with Crippen LogP contribution in [0.1, 0.15) is 43.7 Å². The minimum atomic E-state index is -0.305. The van der Waals surface area contributed by atoms with E-state index in [1.165, 1.54) is 42.6 Å². The second kappa shape index (κ2) is 10.7. The summed E-state index contributed by atoms with van der Waals surface area (Å²) < 4.78 is 2.15. The molecule has 33 heavy (non-hydrogen) atoms. The van der Waals surface area contributed by atoms with Crippen LogP contribution in [0, 0.1) is 0 Å². The summed E-state index contributed by atoms with van der Waals surface area (Å²) in [7, 11) is 0. The lowest BCUT2D eigenvalue weighted by Crippen LogP contribution is -2.20. The van der Waals surface area contributed by atoms with Crippen LogP contribution in [0.15, 0.2) is 52.7 Å². The van der Waals surface area contributed by atoms with E-state index in [0.717, 1.165) is 37.1 Å². The topological polar surface area (TPSA) is 113 Å². The summed E-state index contributed by atoms with van der Waals surface area (Å²) in [5.41, 5.74) is 3.77. The number of rotatable bonds is 7. The Morgan fingerprint density at radius 1 is 1.15 bits per heavy atom. The average molecular weight is 486 g/mol. The van der Waals surface area contributed by atoms with Gasteiger partial charge in [-0.25, -0.2) is 5.43 Å². The maximum atomic E-state index is 12.3. The Labute approximate surface area is 200 Å². The van der Waals surface area contributed by atoms with E-state index in [1.807, 2.05) is 24.3 Å². The molecule has 1 heterocycles. The lowest BCUT2D eigenvalue weighted by atomic mass is 9.95. The third-order valence-corrected chi connectivity index (χ3v) is 6.64. The van der Waals surface area contributed by atoms with Crippen molar-refractivity contribution < 1.29 is 15.0 Å². The number of nitrogens with zero attached hydrogens (tertiary/aromatic N) is 4. The number of aromatic nitrogens is 3. The lowest BCUT2D eigenvalue weighted by Gasteiger charge is -2.25. The molecule has 2 aromatic carbocycles. The third kappa shape index (κ3) is 5.85. The summed E-state index contributed by atoms with van der Waals surface area (Å²) >= 11 is 7.36. The Bertz CT molecular complexity index is 1140. The second-order valence-electron chi connectivity index (χ2n) is 7.80. The first kappa shape index (κ1) is 23.1. The first-order valence-electron chi connectivity index (χ1n) is 10.7. The molecule has 0 atom stereocenters. The van der Waals surface area contributed by atoms with E-state index in [1.54, 1.807) is 0 Å².